The lowest BCUT2D eigenvalue weighted by Gasteiger charge is -2.24. The minimum atomic E-state index is -4.00. The molecule has 3 bridgehead atoms. The number of aryl methyl sites for hydroxylation is 1. The largest absolute Gasteiger partial charge is 0.483 e. The maximum atomic E-state index is 13.2. The molecule has 1 fully saturated rings. The van der Waals surface area contributed by atoms with Gasteiger partial charge in [0.1, 0.15) is 5.75 Å². The highest BCUT2D eigenvalue weighted by Crippen LogP contribution is 2.45. The third-order valence-corrected chi connectivity index (χ3v) is 9.57. The molecule has 2 aliphatic rings. The van der Waals surface area contributed by atoms with Crippen molar-refractivity contribution < 1.29 is 22.7 Å². The number of carbonyl (C=O) groups excluding carboxylic acids is 2. The minimum Gasteiger partial charge on any atom is -0.483 e. The topological polar surface area (TPSA) is 110 Å². The van der Waals surface area contributed by atoms with E-state index in [1.165, 1.54) is 19.0 Å². The van der Waals surface area contributed by atoms with Crippen molar-refractivity contribution in [3.8, 4) is 17.0 Å². The number of amides is 2. The van der Waals surface area contributed by atoms with Crippen molar-refractivity contribution in [1.82, 2.24) is 18.9 Å². The molecule has 2 N–H and O–H groups in total. The molecule has 2 heterocycles. The molecule has 5 rings (SSSR count). The van der Waals surface area contributed by atoms with Gasteiger partial charge in [-0.3, -0.25) is 9.59 Å². The zero-order valence-corrected chi connectivity index (χ0v) is 24.1. The van der Waals surface area contributed by atoms with Crippen LogP contribution in [0.25, 0.3) is 22.2 Å². The highest BCUT2D eigenvalue weighted by molar-refractivity contribution is 7.87. The smallest absolute Gasteiger partial charge is 0.303 e. The van der Waals surface area contributed by atoms with Crippen LogP contribution in [-0.2, 0) is 22.1 Å². The molecule has 2 aromatic carbocycles. The Morgan fingerprint density at radius 3 is 2.48 bits per heavy atom. The fraction of sp³-hybridized carbons (Fsp3) is 0.467. The maximum Gasteiger partial charge on any atom is 0.303 e. The van der Waals surface area contributed by atoms with E-state index < -0.39 is 16.1 Å². The van der Waals surface area contributed by atoms with Gasteiger partial charge < -0.3 is 14.6 Å². The number of carbonyl (C=O) groups is 2. The summed E-state index contributed by atoms with van der Waals surface area (Å²) in [6.07, 6.45) is 7.73. The molecule has 3 aromatic rings. The quantitative estimate of drug-likeness (QED) is 0.452. The van der Waals surface area contributed by atoms with Gasteiger partial charge in [-0.2, -0.15) is 12.7 Å². The number of fused-ring (bicyclic) bond motifs is 4. The monoisotopic (exact) mass is 566 g/mol. The second-order valence-corrected chi connectivity index (χ2v) is 12.6. The molecule has 2 amide bonds. The first-order valence-corrected chi connectivity index (χ1v) is 15.6. The van der Waals surface area contributed by atoms with Gasteiger partial charge in [-0.25, -0.2) is 4.72 Å². The molecule has 1 saturated carbocycles. The third kappa shape index (κ3) is 5.88. The van der Waals surface area contributed by atoms with E-state index in [9.17, 15) is 18.0 Å². The van der Waals surface area contributed by atoms with Gasteiger partial charge in [-0.15, -0.1) is 0 Å². The average Bonchev–Trinajstić information content (AvgIpc) is 3.24. The van der Waals surface area contributed by atoms with Crippen molar-refractivity contribution in [2.75, 3.05) is 26.7 Å². The van der Waals surface area contributed by atoms with Crippen molar-refractivity contribution in [1.29, 1.82) is 0 Å². The summed E-state index contributed by atoms with van der Waals surface area (Å²) >= 11 is 0. The fourth-order valence-electron chi connectivity index (χ4n) is 5.96. The molecule has 0 unspecified atom stereocenters. The van der Waals surface area contributed by atoms with Crippen LogP contribution in [0.4, 0.5) is 0 Å². The van der Waals surface area contributed by atoms with Crippen LogP contribution in [0.1, 0.15) is 73.2 Å². The standard InChI is InChI=1S/C30H38N4O5S/c1-33-18-10-4-9-17-31-27(35)20-39-26-14-8-7-13-24(26)29-28(21-11-5-3-6-12-21)23-16-15-22(19-25(23)34(29)2)30(36)32-40(33,37)38/h7-8,13-16,19,21H,3-6,9-12,17-18,20H2,1-2H3,(H,31,35)(H,32,36). The van der Waals surface area contributed by atoms with E-state index in [1.54, 1.807) is 12.1 Å². The summed E-state index contributed by atoms with van der Waals surface area (Å²) in [6, 6.07) is 13.2. The van der Waals surface area contributed by atoms with Crippen LogP contribution < -0.4 is 14.8 Å². The Kier molecular flexibility index (Phi) is 8.46. The number of benzene rings is 2. The molecule has 9 nitrogen and oxygen atoms in total. The number of nitrogens with one attached hydrogen (secondary N) is 2. The summed E-state index contributed by atoms with van der Waals surface area (Å²) in [7, 11) is -0.572. The molecule has 0 saturated heterocycles. The Balaban J connectivity index is 1.64. The SMILES string of the molecule is CN1CCCCCNC(=O)COc2ccccc2-c2c(C3CCCCC3)c3ccc(cc3n2C)C(=O)NS1(=O)=O. The average molecular weight is 567 g/mol. The number of para-hydroxylation sites is 1. The number of ether oxygens (including phenoxy) is 1. The first-order chi connectivity index (χ1) is 19.3. The third-order valence-electron chi connectivity index (χ3n) is 8.12. The predicted molar refractivity (Wildman–Crippen MR) is 156 cm³/mol. The number of aromatic nitrogens is 1. The lowest BCUT2D eigenvalue weighted by Crippen LogP contribution is -2.41. The molecule has 1 aliphatic heterocycles. The van der Waals surface area contributed by atoms with Gasteiger partial charge in [-0.05, 0) is 61.4 Å². The maximum absolute atomic E-state index is 13.2. The molecule has 214 valence electrons. The predicted octanol–water partition coefficient (Wildman–Crippen LogP) is 4.48. The summed E-state index contributed by atoms with van der Waals surface area (Å²) in [6.45, 7) is 0.652. The lowest BCUT2D eigenvalue weighted by molar-refractivity contribution is -0.123. The normalized spacial score (nSPS) is 20.1. The highest BCUT2D eigenvalue weighted by Gasteiger charge is 2.28. The van der Waals surface area contributed by atoms with Gasteiger partial charge in [0.05, 0.1) is 5.69 Å². The Labute approximate surface area is 236 Å². The molecular formula is C30H38N4O5S. The van der Waals surface area contributed by atoms with Crippen LogP contribution in [0.5, 0.6) is 5.75 Å². The van der Waals surface area contributed by atoms with E-state index >= 15 is 0 Å². The Hall–Kier alpha value is -3.37. The van der Waals surface area contributed by atoms with Gasteiger partial charge >= 0.3 is 10.2 Å². The van der Waals surface area contributed by atoms with Crippen LogP contribution in [-0.4, -0.2) is 55.8 Å². The van der Waals surface area contributed by atoms with Crippen LogP contribution in [0.15, 0.2) is 42.5 Å². The number of rotatable bonds is 1. The van der Waals surface area contributed by atoms with Gasteiger partial charge in [0.2, 0.25) is 0 Å². The van der Waals surface area contributed by atoms with Crippen LogP contribution >= 0.6 is 0 Å². The Bertz CT molecular complexity index is 1510. The summed E-state index contributed by atoms with van der Waals surface area (Å²) in [4.78, 5) is 25.7. The highest BCUT2D eigenvalue weighted by atomic mass is 32.2. The van der Waals surface area contributed by atoms with E-state index in [2.05, 4.69) is 14.6 Å². The van der Waals surface area contributed by atoms with Crippen molar-refractivity contribution in [3.05, 3.63) is 53.6 Å². The first kappa shape index (κ1) is 28.2. The van der Waals surface area contributed by atoms with Crippen LogP contribution in [0.3, 0.4) is 0 Å². The lowest BCUT2D eigenvalue weighted by atomic mass is 9.81. The van der Waals surface area contributed by atoms with E-state index in [-0.39, 0.29) is 24.6 Å². The summed E-state index contributed by atoms with van der Waals surface area (Å²) in [5.41, 5.74) is 4.22. The molecule has 0 atom stereocenters. The molecule has 1 aromatic heterocycles. The zero-order valence-electron chi connectivity index (χ0n) is 23.2. The van der Waals surface area contributed by atoms with Gasteiger partial charge in [0, 0.05) is 49.2 Å². The summed E-state index contributed by atoms with van der Waals surface area (Å²) in [5.74, 6) is 0.124. The van der Waals surface area contributed by atoms with E-state index in [4.69, 9.17) is 4.74 Å². The van der Waals surface area contributed by atoms with Crippen molar-refractivity contribution >= 4 is 32.9 Å². The second kappa shape index (κ2) is 12.0. The van der Waals surface area contributed by atoms with Crippen LogP contribution in [0, 0.1) is 0 Å². The number of hydrogen-bond acceptors (Lipinski definition) is 5. The zero-order chi connectivity index (χ0) is 28.3. The molecule has 40 heavy (non-hydrogen) atoms. The van der Waals surface area contributed by atoms with E-state index in [1.807, 2.05) is 37.4 Å². The minimum absolute atomic E-state index is 0.0922. The van der Waals surface area contributed by atoms with Gasteiger partial charge in [-0.1, -0.05) is 43.9 Å². The van der Waals surface area contributed by atoms with Crippen LogP contribution in [0.2, 0.25) is 0 Å². The van der Waals surface area contributed by atoms with Crippen molar-refractivity contribution in [2.45, 2.75) is 57.3 Å². The molecule has 10 heteroatoms. The Morgan fingerprint density at radius 2 is 1.68 bits per heavy atom. The van der Waals surface area contributed by atoms with Gasteiger partial charge in [0.25, 0.3) is 11.8 Å². The second-order valence-electron chi connectivity index (χ2n) is 10.8. The van der Waals surface area contributed by atoms with Crippen molar-refractivity contribution in [2.24, 2.45) is 7.05 Å². The first-order valence-electron chi connectivity index (χ1n) is 14.2. The van der Waals surface area contributed by atoms with Gasteiger partial charge in [0.15, 0.2) is 6.61 Å². The number of hydrogen-bond donors (Lipinski definition) is 2. The molecule has 0 radical (unpaired) electrons. The molecule has 1 aliphatic carbocycles. The fourth-order valence-corrected chi connectivity index (χ4v) is 6.84. The molecule has 0 spiro atoms. The van der Waals surface area contributed by atoms with E-state index in [0.29, 0.717) is 31.1 Å². The number of nitrogens with zero attached hydrogens (tertiary/aromatic N) is 2. The van der Waals surface area contributed by atoms with E-state index in [0.717, 1.165) is 58.6 Å². The summed E-state index contributed by atoms with van der Waals surface area (Å²) < 4.78 is 37.3. The molecular weight excluding hydrogens is 528 g/mol. The summed E-state index contributed by atoms with van der Waals surface area (Å²) in [5, 5.41) is 3.93. The van der Waals surface area contributed by atoms with Crippen molar-refractivity contribution in [3.63, 3.8) is 0 Å². The Morgan fingerprint density at radius 1 is 0.925 bits per heavy atom.